The molecule has 0 bridgehead atoms. The van der Waals surface area contributed by atoms with Gasteiger partial charge >= 0.3 is 0 Å². The van der Waals surface area contributed by atoms with Crippen molar-refractivity contribution in [1.82, 2.24) is 0 Å². The smallest absolute Gasteiger partial charge is 0.256 e. The molecule has 148 valence electrons. The third-order valence-electron chi connectivity index (χ3n) is 5.34. The molecule has 2 aromatic carbocycles. The fourth-order valence-corrected chi connectivity index (χ4v) is 3.38. The Hall–Kier alpha value is -2.41. The summed E-state index contributed by atoms with van der Waals surface area (Å²) in [7, 11) is 0. The highest BCUT2D eigenvalue weighted by atomic mass is 16.5. The summed E-state index contributed by atoms with van der Waals surface area (Å²) in [4.78, 5) is 12.1. The van der Waals surface area contributed by atoms with Crippen molar-refractivity contribution in [2.75, 3.05) is 18.5 Å². The number of hydrogen-bond acceptors (Lipinski definition) is 5. The van der Waals surface area contributed by atoms with Crippen LogP contribution in [0.15, 0.2) is 42.5 Å². The minimum Gasteiger partial charge on any atom is -0.490 e. The average molecular weight is 382 g/mol. The van der Waals surface area contributed by atoms with E-state index in [2.05, 4.69) is 5.32 Å². The zero-order valence-electron chi connectivity index (χ0n) is 15.8. The normalized spacial score (nSPS) is 18.5. The van der Waals surface area contributed by atoms with Crippen molar-refractivity contribution in [2.45, 2.75) is 43.9 Å². The summed E-state index contributed by atoms with van der Waals surface area (Å²) in [6.45, 7) is 1.85. The molecule has 2 aromatic rings. The second-order valence-electron chi connectivity index (χ2n) is 7.52. The molecule has 1 aliphatic heterocycles. The Morgan fingerprint density at radius 3 is 2.64 bits per heavy atom. The molecule has 1 amide bonds. The maximum absolute atomic E-state index is 12.1. The molecule has 0 radical (unpaired) electrons. The van der Waals surface area contributed by atoms with Crippen molar-refractivity contribution < 1.29 is 19.4 Å². The first-order chi connectivity index (χ1) is 13.6. The van der Waals surface area contributed by atoms with Gasteiger partial charge in [0.15, 0.2) is 0 Å². The van der Waals surface area contributed by atoms with Crippen LogP contribution in [0.4, 0.5) is 5.69 Å². The summed E-state index contributed by atoms with van der Waals surface area (Å²) in [5.74, 6) is 0.478. The quantitative estimate of drug-likeness (QED) is 0.714. The second-order valence-corrected chi connectivity index (χ2v) is 7.52. The van der Waals surface area contributed by atoms with Crippen molar-refractivity contribution in [2.24, 2.45) is 5.73 Å². The first-order valence-corrected chi connectivity index (χ1v) is 9.79. The lowest BCUT2D eigenvalue weighted by atomic mass is 10.0. The van der Waals surface area contributed by atoms with Crippen LogP contribution in [-0.2, 0) is 16.1 Å². The molecular formula is C22H26N2O4. The van der Waals surface area contributed by atoms with Gasteiger partial charge in [0.25, 0.3) is 5.91 Å². The van der Waals surface area contributed by atoms with E-state index < -0.39 is 5.60 Å². The number of anilines is 1. The van der Waals surface area contributed by atoms with Crippen LogP contribution >= 0.6 is 0 Å². The Morgan fingerprint density at radius 2 is 1.93 bits per heavy atom. The molecule has 1 aliphatic carbocycles. The molecule has 4 rings (SSSR count). The molecule has 0 unspecified atom stereocenters. The first-order valence-electron chi connectivity index (χ1n) is 9.79. The third-order valence-corrected chi connectivity index (χ3v) is 5.34. The lowest BCUT2D eigenvalue weighted by Crippen LogP contribution is -2.29. The van der Waals surface area contributed by atoms with Gasteiger partial charge in [-0.25, -0.2) is 0 Å². The lowest BCUT2D eigenvalue weighted by molar-refractivity contribution is -0.125. The molecule has 1 heterocycles. The highest BCUT2D eigenvalue weighted by Gasteiger charge is 2.48. The lowest BCUT2D eigenvalue weighted by Gasteiger charge is -2.24. The van der Waals surface area contributed by atoms with E-state index in [1.807, 2.05) is 42.5 Å². The van der Waals surface area contributed by atoms with Crippen LogP contribution in [0.25, 0.3) is 11.1 Å². The third kappa shape index (κ3) is 4.19. The summed E-state index contributed by atoms with van der Waals surface area (Å²) in [5, 5.41) is 12.7. The summed E-state index contributed by atoms with van der Waals surface area (Å²) in [6.07, 6.45) is 2.98. The van der Waals surface area contributed by atoms with Gasteiger partial charge in [0.1, 0.15) is 17.5 Å². The van der Waals surface area contributed by atoms with Crippen molar-refractivity contribution in [3.05, 3.63) is 48.0 Å². The predicted molar refractivity (Wildman–Crippen MR) is 107 cm³/mol. The van der Waals surface area contributed by atoms with Gasteiger partial charge in [-0.05, 0) is 48.2 Å². The molecular weight excluding hydrogens is 356 g/mol. The Labute approximate surface area is 164 Å². The van der Waals surface area contributed by atoms with Gasteiger partial charge in [-0.2, -0.15) is 0 Å². The molecule has 2 fully saturated rings. The standard InChI is InChI=1S/C22H26N2O4/c23-14-17-12-16(4-5-20(17)28-19-6-10-27-11-7-19)15-2-1-3-18(13-15)24-21(25)22(26)8-9-22/h1-5,12-13,19,26H,6-11,14,23H2,(H,24,25). The molecule has 0 spiro atoms. The number of benzene rings is 2. The maximum Gasteiger partial charge on any atom is 0.256 e. The average Bonchev–Trinajstić information content (AvgIpc) is 3.48. The van der Waals surface area contributed by atoms with Crippen molar-refractivity contribution in [1.29, 1.82) is 0 Å². The van der Waals surface area contributed by atoms with Crippen LogP contribution in [0.3, 0.4) is 0 Å². The number of carbonyl (C=O) groups is 1. The number of ether oxygens (including phenoxy) is 2. The number of aliphatic hydroxyl groups is 1. The highest BCUT2D eigenvalue weighted by molar-refractivity contribution is 5.99. The molecule has 6 nitrogen and oxygen atoms in total. The van der Waals surface area contributed by atoms with Crippen molar-refractivity contribution >= 4 is 11.6 Å². The molecule has 2 aliphatic rings. The largest absolute Gasteiger partial charge is 0.490 e. The Kier molecular flexibility index (Phi) is 5.35. The fraction of sp³-hybridized carbons (Fsp3) is 0.409. The van der Waals surface area contributed by atoms with Crippen LogP contribution in [-0.4, -0.2) is 35.9 Å². The summed E-state index contributed by atoms with van der Waals surface area (Å²) < 4.78 is 11.5. The van der Waals surface area contributed by atoms with Crippen LogP contribution in [0.5, 0.6) is 5.75 Å². The van der Waals surface area contributed by atoms with Gasteiger partial charge in [-0.3, -0.25) is 4.79 Å². The highest BCUT2D eigenvalue weighted by Crippen LogP contribution is 2.36. The summed E-state index contributed by atoms with van der Waals surface area (Å²) >= 11 is 0. The number of nitrogens with two attached hydrogens (primary N) is 1. The van der Waals surface area contributed by atoms with Gasteiger partial charge in [0.2, 0.25) is 0 Å². The van der Waals surface area contributed by atoms with Crippen molar-refractivity contribution in [3.63, 3.8) is 0 Å². The predicted octanol–water partition coefficient (Wildman–Crippen LogP) is 2.83. The molecule has 1 saturated carbocycles. The van der Waals surface area contributed by atoms with Gasteiger partial charge in [0, 0.05) is 30.6 Å². The zero-order valence-corrected chi connectivity index (χ0v) is 15.8. The van der Waals surface area contributed by atoms with E-state index in [1.54, 1.807) is 0 Å². The topological polar surface area (TPSA) is 93.8 Å². The molecule has 0 aromatic heterocycles. The summed E-state index contributed by atoms with van der Waals surface area (Å²) in [6, 6.07) is 13.6. The molecule has 4 N–H and O–H groups in total. The number of carbonyl (C=O) groups excluding carboxylic acids is 1. The summed E-state index contributed by atoms with van der Waals surface area (Å²) in [5.41, 5.74) is 8.36. The molecule has 1 saturated heterocycles. The van der Waals surface area contributed by atoms with Crippen molar-refractivity contribution in [3.8, 4) is 16.9 Å². The van der Waals surface area contributed by atoms with E-state index in [0.29, 0.717) is 25.1 Å². The van der Waals surface area contributed by atoms with Crippen LogP contribution in [0.1, 0.15) is 31.2 Å². The van der Waals surface area contributed by atoms with E-state index >= 15 is 0 Å². The van der Waals surface area contributed by atoms with E-state index in [1.165, 1.54) is 0 Å². The molecule has 28 heavy (non-hydrogen) atoms. The number of nitrogens with one attached hydrogen (secondary N) is 1. The number of hydrogen-bond donors (Lipinski definition) is 3. The van der Waals surface area contributed by atoms with Gasteiger partial charge < -0.3 is 25.6 Å². The number of amides is 1. The minimum atomic E-state index is -1.19. The molecule has 0 atom stereocenters. The van der Waals surface area contributed by atoms with Gasteiger partial charge in [-0.15, -0.1) is 0 Å². The first kappa shape index (κ1) is 18.9. The number of rotatable bonds is 6. The zero-order chi connectivity index (χ0) is 19.6. The monoisotopic (exact) mass is 382 g/mol. The Bertz CT molecular complexity index is 857. The van der Waals surface area contributed by atoms with E-state index in [-0.39, 0.29) is 12.0 Å². The Morgan fingerprint density at radius 1 is 1.18 bits per heavy atom. The minimum absolute atomic E-state index is 0.164. The maximum atomic E-state index is 12.1. The van der Waals surface area contributed by atoms with Gasteiger partial charge in [0.05, 0.1) is 13.2 Å². The molecule has 6 heteroatoms. The SMILES string of the molecule is NCc1cc(-c2cccc(NC(=O)C3(O)CC3)c2)ccc1OC1CCOCC1. The van der Waals surface area contributed by atoms with Crippen LogP contribution in [0.2, 0.25) is 0 Å². The van der Waals surface area contributed by atoms with Gasteiger partial charge in [-0.1, -0.05) is 18.2 Å². The fourth-order valence-electron chi connectivity index (χ4n) is 3.38. The Balaban J connectivity index is 1.52. The van der Waals surface area contributed by atoms with Crippen LogP contribution < -0.4 is 15.8 Å². The van der Waals surface area contributed by atoms with Crippen LogP contribution in [0, 0.1) is 0 Å². The van der Waals surface area contributed by atoms with E-state index in [4.69, 9.17) is 15.2 Å². The van der Waals surface area contributed by atoms with E-state index in [0.717, 1.165) is 48.5 Å². The van der Waals surface area contributed by atoms with E-state index in [9.17, 15) is 9.90 Å². The second kappa shape index (κ2) is 7.91.